The van der Waals surface area contributed by atoms with Gasteiger partial charge in [-0.2, -0.15) is 0 Å². The van der Waals surface area contributed by atoms with Crippen molar-refractivity contribution in [2.75, 3.05) is 6.61 Å². The van der Waals surface area contributed by atoms with Crippen molar-refractivity contribution in [2.24, 2.45) is 0 Å². The van der Waals surface area contributed by atoms with E-state index in [4.69, 9.17) is 14.2 Å². The average Bonchev–Trinajstić information content (AvgIpc) is 2.79. The molecule has 0 fully saturated rings. The molecule has 1 aliphatic rings. The van der Waals surface area contributed by atoms with Crippen molar-refractivity contribution >= 4 is 21.9 Å². The van der Waals surface area contributed by atoms with E-state index in [1.54, 1.807) is 6.07 Å². The van der Waals surface area contributed by atoms with E-state index in [2.05, 4.69) is 15.9 Å². The molecule has 1 heterocycles. The third-order valence-electron chi connectivity index (χ3n) is 5.70. The third kappa shape index (κ3) is 4.32. The van der Waals surface area contributed by atoms with E-state index in [0.717, 1.165) is 40.8 Å². The quantitative estimate of drug-likeness (QED) is 0.336. The molecule has 0 spiro atoms. The van der Waals surface area contributed by atoms with Crippen LogP contribution >= 0.6 is 15.9 Å². The highest BCUT2D eigenvalue weighted by atomic mass is 79.9. The fourth-order valence-corrected chi connectivity index (χ4v) is 4.33. The highest BCUT2D eigenvalue weighted by molar-refractivity contribution is 9.10. The zero-order chi connectivity index (χ0) is 22.8. The predicted molar refractivity (Wildman–Crippen MR) is 126 cm³/mol. The van der Waals surface area contributed by atoms with Crippen LogP contribution in [0.25, 0.3) is 0 Å². The lowest BCUT2D eigenvalue weighted by Crippen LogP contribution is -2.19. The molecule has 6 heteroatoms. The number of hydrogen-bond acceptors (Lipinski definition) is 5. The van der Waals surface area contributed by atoms with Gasteiger partial charge in [-0.1, -0.05) is 30.3 Å². The van der Waals surface area contributed by atoms with Gasteiger partial charge in [0.15, 0.2) is 5.75 Å². The van der Waals surface area contributed by atoms with E-state index in [1.165, 1.54) is 0 Å². The second-order valence-corrected chi connectivity index (χ2v) is 8.76. The Balaban J connectivity index is 1.68. The molecule has 0 unspecified atom stereocenters. The summed E-state index contributed by atoms with van der Waals surface area (Å²) >= 11 is 3.34. The minimum atomic E-state index is -0.524. The topological polar surface area (TPSA) is 65.0 Å². The molecule has 3 aromatic rings. The van der Waals surface area contributed by atoms with Crippen LogP contribution in [0.1, 0.15) is 44.6 Å². The lowest BCUT2D eigenvalue weighted by Gasteiger charge is -2.24. The summed E-state index contributed by atoms with van der Waals surface area (Å²) in [5.74, 6) is 1.05. The zero-order valence-electron chi connectivity index (χ0n) is 18.3. The number of halogens is 1. The number of ether oxygens (including phenoxy) is 3. The average molecular weight is 497 g/mol. The standard InChI is InChI=1S/C26H25BrO5/c1-15-12-20(28)23(27)24(17(15)3)32-26(29)22-16(2)13-21(19-10-7-11-30-25(19)22)31-14-18-8-5-4-6-9-18/h4-6,8-9,12-13,28H,7,10-11,14H2,1-3H3. The van der Waals surface area contributed by atoms with E-state index in [-0.39, 0.29) is 5.75 Å². The number of fused-ring (bicyclic) bond motifs is 1. The Hall–Kier alpha value is -2.99. The van der Waals surface area contributed by atoms with Crippen LogP contribution in [0.4, 0.5) is 0 Å². The van der Waals surface area contributed by atoms with Crippen molar-refractivity contribution < 1.29 is 24.1 Å². The monoisotopic (exact) mass is 496 g/mol. The Kier molecular flexibility index (Phi) is 6.42. The van der Waals surface area contributed by atoms with Crippen molar-refractivity contribution in [2.45, 2.75) is 40.2 Å². The molecule has 166 valence electrons. The summed E-state index contributed by atoms with van der Waals surface area (Å²) in [4.78, 5) is 13.3. The maximum Gasteiger partial charge on any atom is 0.347 e. The first-order chi connectivity index (χ1) is 15.4. The first-order valence-corrected chi connectivity index (χ1v) is 11.3. The smallest absolute Gasteiger partial charge is 0.347 e. The summed E-state index contributed by atoms with van der Waals surface area (Å²) in [7, 11) is 0. The molecule has 0 aliphatic carbocycles. The number of aryl methyl sites for hydroxylation is 2. The molecule has 1 N–H and O–H groups in total. The Labute approximate surface area is 196 Å². The van der Waals surface area contributed by atoms with Gasteiger partial charge in [0, 0.05) is 5.56 Å². The van der Waals surface area contributed by atoms with Crippen LogP contribution in [0.2, 0.25) is 0 Å². The van der Waals surface area contributed by atoms with Gasteiger partial charge in [-0.3, -0.25) is 0 Å². The minimum absolute atomic E-state index is 0.0237. The number of esters is 1. The highest BCUT2D eigenvalue weighted by Crippen LogP contribution is 2.42. The first-order valence-electron chi connectivity index (χ1n) is 10.5. The van der Waals surface area contributed by atoms with E-state index < -0.39 is 5.97 Å². The molecular weight excluding hydrogens is 472 g/mol. The van der Waals surface area contributed by atoms with Crippen LogP contribution in [0.15, 0.2) is 46.9 Å². The summed E-state index contributed by atoms with van der Waals surface area (Å²) in [6.07, 6.45) is 1.61. The molecule has 0 saturated heterocycles. The van der Waals surface area contributed by atoms with Crippen LogP contribution < -0.4 is 14.2 Å². The summed E-state index contributed by atoms with van der Waals surface area (Å²) in [5, 5.41) is 10.1. The lowest BCUT2D eigenvalue weighted by molar-refractivity contribution is 0.0725. The van der Waals surface area contributed by atoms with Crippen molar-refractivity contribution in [1.29, 1.82) is 0 Å². The Morgan fingerprint density at radius 3 is 2.62 bits per heavy atom. The molecule has 4 rings (SSSR count). The van der Waals surface area contributed by atoms with Gasteiger partial charge in [0.25, 0.3) is 0 Å². The van der Waals surface area contributed by atoms with E-state index in [0.29, 0.717) is 40.3 Å². The molecule has 0 atom stereocenters. The first kappa shape index (κ1) is 22.2. The van der Waals surface area contributed by atoms with Crippen molar-refractivity contribution in [3.05, 3.63) is 80.3 Å². The number of aromatic hydroxyl groups is 1. The van der Waals surface area contributed by atoms with Crippen molar-refractivity contribution in [3.63, 3.8) is 0 Å². The minimum Gasteiger partial charge on any atom is -0.507 e. The number of rotatable bonds is 5. The Bertz CT molecular complexity index is 1140. The normalized spacial score (nSPS) is 12.6. The summed E-state index contributed by atoms with van der Waals surface area (Å²) in [6.45, 7) is 6.52. The molecule has 0 saturated carbocycles. The number of hydrogen-bond donors (Lipinski definition) is 1. The van der Waals surface area contributed by atoms with Gasteiger partial charge in [0.1, 0.15) is 33.9 Å². The maximum absolute atomic E-state index is 13.3. The van der Waals surface area contributed by atoms with E-state index in [9.17, 15) is 9.90 Å². The molecule has 32 heavy (non-hydrogen) atoms. The number of phenols is 1. The van der Waals surface area contributed by atoms with Crippen LogP contribution in [-0.2, 0) is 13.0 Å². The van der Waals surface area contributed by atoms with Crippen LogP contribution in [0.5, 0.6) is 23.0 Å². The summed E-state index contributed by atoms with van der Waals surface area (Å²) in [6, 6.07) is 13.5. The predicted octanol–water partition coefficient (Wildman–Crippen LogP) is 6.20. The fraction of sp³-hybridized carbons (Fsp3) is 0.269. The molecule has 0 amide bonds. The van der Waals surface area contributed by atoms with Gasteiger partial charge in [-0.25, -0.2) is 4.79 Å². The molecule has 5 nitrogen and oxygen atoms in total. The molecule has 0 aromatic heterocycles. The van der Waals surface area contributed by atoms with Crippen molar-refractivity contribution in [3.8, 4) is 23.0 Å². The highest BCUT2D eigenvalue weighted by Gasteiger charge is 2.28. The fourth-order valence-electron chi connectivity index (χ4n) is 3.84. The van der Waals surface area contributed by atoms with E-state index >= 15 is 0 Å². The number of carbonyl (C=O) groups is 1. The Morgan fingerprint density at radius 1 is 1.12 bits per heavy atom. The zero-order valence-corrected chi connectivity index (χ0v) is 19.9. The van der Waals surface area contributed by atoms with Crippen LogP contribution in [0, 0.1) is 20.8 Å². The molecule has 0 bridgehead atoms. The summed E-state index contributed by atoms with van der Waals surface area (Å²) in [5.41, 5.74) is 4.65. The van der Waals surface area contributed by atoms with Crippen LogP contribution in [0.3, 0.4) is 0 Å². The maximum atomic E-state index is 13.3. The van der Waals surface area contributed by atoms with Crippen LogP contribution in [-0.4, -0.2) is 17.7 Å². The number of carbonyl (C=O) groups excluding carboxylic acids is 1. The van der Waals surface area contributed by atoms with Gasteiger partial charge >= 0.3 is 5.97 Å². The SMILES string of the molecule is Cc1cc(O)c(Br)c(OC(=O)c2c(C)cc(OCc3ccccc3)c3c2OCCC3)c1C. The second-order valence-electron chi connectivity index (χ2n) is 7.97. The van der Waals surface area contributed by atoms with Gasteiger partial charge < -0.3 is 19.3 Å². The van der Waals surface area contributed by atoms with Crippen molar-refractivity contribution in [1.82, 2.24) is 0 Å². The van der Waals surface area contributed by atoms with Gasteiger partial charge in [-0.15, -0.1) is 0 Å². The largest absolute Gasteiger partial charge is 0.507 e. The summed E-state index contributed by atoms with van der Waals surface area (Å²) < 4.78 is 18.2. The van der Waals surface area contributed by atoms with E-state index in [1.807, 2.05) is 57.2 Å². The number of phenolic OH excluding ortho intramolecular Hbond substituents is 1. The lowest BCUT2D eigenvalue weighted by atomic mass is 9.97. The number of benzene rings is 3. The molecule has 0 radical (unpaired) electrons. The molecule has 3 aromatic carbocycles. The third-order valence-corrected chi connectivity index (χ3v) is 6.47. The molecule has 1 aliphatic heterocycles. The molecular formula is C26H25BrO5. The van der Waals surface area contributed by atoms with Gasteiger partial charge in [0.05, 0.1) is 6.61 Å². The Morgan fingerprint density at radius 2 is 1.88 bits per heavy atom. The van der Waals surface area contributed by atoms with Gasteiger partial charge in [0.2, 0.25) is 0 Å². The van der Waals surface area contributed by atoms with Gasteiger partial charge in [-0.05, 0) is 83.9 Å². The second kappa shape index (κ2) is 9.25.